The van der Waals surface area contributed by atoms with Crippen molar-refractivity contribution >= 4 is 23.5 Å². The number of alkyl halides is 2. The number of hydrogen-bond donors (Lipinski definition) is 0. The lowest BCUT2D eigenvalue weighted by atomic mass is 9.62. The lowest BCUT2D eigenvalue weighted by Crippen LogP contribution is -2.47. The Kier molecular flexibility index (Phi) is 7.57. The van der Waals surface area contributed by atoms with Crippen LogP contribution in [-0.2, 0) is 26.2 Å². The van der Waals surface area contributed by atoms with Crippen molar-refractivity contribution in [1.29, 1.82) is 0 Å². The minimum Gasteiger partial charge on any atom is -0.466 e. The third kappa shape index (κ3) is 6.14. The fourth-order valence-corrected chi connectivity index (χ4v) is 4.98. The van der Waals surface area contributed by atoms with Crippen molar-refractivity contribution in [3.8, 4) is 0 Å². The summed E-state index contributed by atoms with van der Waals surface area (Å²) in [5.41, 5.74) is 1.75. The molecular formula is C26H34ClF2NO3. The van der Waals surface area contributed by atoms with E-state index in [-0.39, 0.29) is 50.2 Å². The maximum absolute atomic E-state index is 14.4. The van der Waals surface area contributed by atoms with Gasteiger partial charge in [0.1, 0.15) is 0 Å². The quantitative estimate of drug-likeness (QED) is 0.421. The average molecular weight is 482 g/mol. The zero-order chi connectivity index (χ0) is 24.4. The Balaban J connectivity index is 1.91. The first kappa shape index (κ1) is 25.7. The van der Waals surface area contributed by atoms with Crippen molar-refractivity contribution in [3.05, 3.63) is 46.1 Å². The van der Waals surface area contributed by atoms with Gasteiger partial charge in [-0.25, -0.2) is 8.78 Å². The van der Waals surface area contributed by atoms with Crippen LogP contribution in [0.2, 0.25) is 5.02 Å². The predicted molar refractivity (Wildman–Crippen MR) is 125 cm³/mol. The van der Waals surface area contributed by atoms with Gasteiger partial charge in [0.05, 0.1) is 13.0 Å². The highest BCUT2D eigenvalue weighted by Crippen LogP contribution is 2.53. The van der Waals surface area contributed by atoms with Gasteiger partial charge in [0.25, 0.3) is 5.92 Å². The smallest absolute Gasteiger partial charge is 0.307 e. The molecule has 0 saturated heterocycles. The molecule has 33 heavy (non-hydrogen) atoms. The molecule has 1 aliphatic carbocycles. The standard InChI is InChI=1S/C26H34ClF2NO3/c1-5-33-23(32)9-13-30-17-20-15-26(28,29)12-11-25(20,16-22(30)31)19-7-6-18(21(27)14-19)8-10-24(2,3)4/h6-7,14,17H,5,8-13,15-16H2,1-4H3. The third-order valence-corrected chi connectivity index (χ3v) is 7.03. The normalized spacial score (nSPS) is 22.6. The Morgan fingerprint density at radius 3 is 2.58 bits per heavy atom. The van der Waals surface area contributed by atoms with E-state index >= 15 is 0 Å². The second-order valence-corrected chi connectivity index (χ2v) is 10.9. The maximum Gasteiger partial charge on any atom is 0.307 e. The number of carbonyl (C=O) groups excluding carboxylic acids is 2. The van der Waals surface area contributed by atoms with Gasteiger partial charge in [-0.15, -0.1) is 0 Å². The molecule has 1 saturated carbocycles. The first-order valence-corrected chi connectivity index (χ1v) is 12.1. The van der Waals surface area contributed by atoms with Gasteiger partial charge in [0, 0.05) is 42.4 Å². The lowest BCUT2D eigenvalue weighted by Gasteiger charge is -2.46. The van der Waals surface area contributed by atoms with E-state index in [0.717, 1.165) is 24.0 Å². The molecule has 0 bridgehead atoms. The van der Waals surface area contributed by atoms with Crippen molar-refractivity contribution in [1.82, 2.24) is 4.90 Å². The van der Waals surface area contributed by atoms with Gasteiger partial charge >= 0.3 is 5.97 Å². The topological polar surface area (TPSA) is 46.6 Å². The minimum absolute atomic E-state index is 0.0288. The van der Waals surface area contributed by atoms with Gasteiger partial charge in [-0.05, 0) is 54.4 Å². The number of carbonyl (C=O) groups is 2. The maximum atomic E-state index is 14.4. The lowest BCUT2D eigenvalue weighted by molar-refractivity contribution is -0.144. The summed E-state index contributed by atoms with van der Waals surface area (Å²) in [5.74, 6) is -3.41. The van der Waals surface area contributed by atoms with Crippen LogP contribution < -0.4 is 0 Å². The van der Waals surface area contributed by atoms with Gasteiger partial charge in [0.15, 0.2) is 0 Å². The summed E-state index contributed by atoms with van der Waals surface area (Å²) in [7, 11) is 0. The molecule has 0 N–H and O–H groups in total. The summed E-state index contributed by atoms with van der Waals surface area (Å²) in [4.78, 5) is 26.2. The first-order valence-electron chi connectivity index (χ1n) is 11.7. The van der Waals surface area contributed by atoms with Crippen LogP contribution in [0.1, 0.15) is 77.3 Å². The summed E-state index contributed by atoms with van der Waals surface area (Å²) >= 11 is 6.63. The highest BCUT2D eigenvalue weighted by Gasteiger charge is 2.51. The molecule has 1 aromatic rings. The predicted octanol–water partition coefficient (Wildman–Crippen LogP) is 6.45. The molecule has 4 nitrogen and oxygen atoms in total. The molecule has 1 amide bonds. The molecule has 1 atom stereocenters. The molecule has 1 fully saturated rings. The van der Waals surface area contributed by atoms with Crippen LogP contribution in [0.15, 0.2) is 30.0 Å². The molecule has 1 aromatic carbocycles. The summed E-state index contributed by atoms with van der Waals surface area (Å²) in [6, 6.07) is 5.78. The number of esters is 1. The van der Waals surface area contributed by atoms with Crippen LogP contribution in [0.3, 0.4) is 0 Å². The number of allylic oxidation sites excluding steroid dienone is 1. The molecular weight excluding hydrogens is 448 g/mol. The van der Waals surface area contributed by atoms with E-state index in [4.69, 9.17) is 16.3 Å². The van der Waals surface area contributed by atoms with Gasteiger partial charge in [0.2, 0.25) is 5.91 Å². The Morgan fingerprint density at radius 1 is 1.21 bits per heavy atom. The van der Waals surface area contributed by atoms with Crippen molar-refractivity contribution in [2.75, 3.05) is 13.2 Å². The zero-order valence-corrected chi connectivity index (χ0v) is 20.7. The number of hydrogen-bond acceptors (Lipinski definition) is 3. The third-order valence-electron chi connectivity index (χ3n) is 6.68. The van der Waals surface area contributed by atoms with Crippen molar-refractivity contribution in [2.45, 2.75) is 84.0 Å². The number of aryl methyl sites for hydroxylation is 1. The van der Waals surface area contributed by atoms with E-state index in [0.29, 0.717) is 10.6 Å². The molecule has 3 rings (SSSR count). The van der Waals surface area contributed by atoms with E-state index in [1.165, 1.54) is 4.90 Å². The minimum atomic E-state index is -2.82. The fraction of sp³-hybridized carbons (Fsp3) is 0.615. The summed E-state index contributed by atoms with van der Waals surface area (Å²) in [5, 5.41) is 0.611. The van der Waals surface area contributed by atoms with Gasteiger partial charge in [-0.2, -0.15) is 0 Å². The van der Waals surface area contributed by atoms with E-state index in [9.17, 15) is 18.4 Å². The van der Waals surface area contributed by atoms with Gasteiger partial charge in [-0.3, -0.25) is 9.59 Å². The van der Waals surface area contributed by atoms with E-state index in [1.54, 1.807) is 13.1 Å². The van der Waals surface area contributed by atoms with Crippen LogP contribution in [-0.4, -0.2) is 35.9 Å². The summed E-state index contributed by atoms with van der Waals surface area (Å²) in [6.07, 6.45) is 2.97. The second kappa shape index (κ2) is 9.73. The Morgan fingerprint density at radius 2 is 1.94 bits per heavy atom. The van der Waals surface area contributed by atoms with E-state index < -0.39 is 23.7 Å². The monoisotopic (exact) mass is 481 g/mol. The van der Waals surface area contributed by atoms with Crippen molar-refractivity contribution in [3.63, 3.8) is 0 Å². The number of rotatable bonds is 7. The molecule has 2 aliphatic rings. The molecule has 7 heteroatoms. The molecule has 1 aliphatic heterocycles. The number of fused-ring (bicyclic) bond motifs is 1. The summed E-state index contributed by atoms with van der Waals surface area (Å²) in [6.45, 7) is 8.62. The van der Waals surface area contributed by atoms with Crippen molar-refractivity contribution in [2.24, 2.45) is 5.41 Å². The van der Waals surface area contributed by atoms with E-state index in [2.05, 4.69) is 20.8 Å². The van der Waals surface area contributed by atoms with Crippen LogP contribution in [0.25, 0.3) is 0 Å². The van der Waals surface area contributed by atoms with Crippen LogP contribution in [0.5, 0.6) is 0 Å². The largest absolute Gasteiger partial charge is 0.466 e. The summed E-state index contributed by atoms with van der Waals surface area (Å²) < 4.78 is 33.8. The number of benzene rings is 1. The van der Waals surface area contributed by atoms with Crippen LogP contribution >= 0.6 is 11.6 Å². The molecule has 0 aromatic heterocycles. The van der Waals surface area contributed by atoms with Crippen molar-refractivity contribution < 1.29 is 23.1 Å². The van der Waals surface area contributed by atoms with Crippen LogP contribution in [0.4, 0.5) is 8.78 Å². The Hall–Kier alpha value is -1.95. The van der Waals surface area contributed by atoms with Gasteiger partial charge < -0.3 is 9.64 Å². The fourth-order valence-electron chi connectivity index (χ4n) is 4.71. The number of halogens is 3. The van der Waals surface area contributed by atoms with Gasteiger partial charge in [-0.1, -0.05) is 44.5 Å². The highest BCUT2D eigenvalue weighted by molar-refractivity contribution is 6.31. The zero-order valence-electron chi connectivity index (χ0n) is 20.0. The second-order valence-electron chi connectivity index (χ2n) is 10.5. The average Bonchev–Trinajstić information content (AvgIpc) is 2.71. The highest BCUT2D eigenvalue weighted by atomic mass is 35.5. The SMILES string of the molecule is CCOC(=O)CCN1C=C2CC(F)(F)CCC2(c2ccc(CCC(C)(C)C)c(Cl)c2)CC1=O. The molecule has 182 valence electrons. The Labute approximate surface area is 200 Å². The Bertz CT molecular complexity index is 938. The molecule has 0 spiro atoms. The first-order chi connectivity index (χ1) is 15.3. The number of amides is 1. The number of nitrogens with zero attached hydrogens (tertiary/aromatic N) is 1. The van der Waals surface area contributed by atoms with Crippen LogP contribution in [0, 0.1) is 5.41 Å². The van der Waals surface area contributed by atoms with E-state index in [1.807, 2.05) is 18.2 Å². The molecule has 1 heterocycles. The molecule has 1 unspecified atom stereocenters. The molecule has 0 radical (unpaired) electrons. The number of ether oxygens (including phenoxy) is 1.